The van der Waals surface area contributed by atoms with Crippen LogP contribution in [-0.2, 0) is 9.53 Å². The van der Waals surface area contributed by atoms with Gasteiger partial charge in [0.05, 0.1) is 0 Å². The van der Waals surface area contributed by atoms with Crippen LogP contribution in [0.5, 0.6) is 0 Å². The molecule has 2 nitrogen and oxygen atoms in total. The molecule has 0 bridgehead atoms. The van der Waals surface area contributed by atoms with Crippen molar-refractivity contribution in [2.45, 2.75) is 45.1 Å². The lowest BCUT2D eigenvalue weighted by Crippen LogP contribution is -2.18. The third-order valence-corrected chi connectivity index (χ3v) is 2.23. The minimum Gasteiger partial charge on any atom is -0.459 e. The summed E-state index contributed by atoms with van der Waals surface area (Å²) in [7, 11) is 0. The molecule has 14 heavy (non-hydrogen) atoms. The Morgan fingerprint density at radius 1 is 1.57 bits per heavy atom. The smallest absolute Gasteiger partial charge is 0.330 e. The van der Waals surface area contributed by atoms with Crippen LogP contribution >= 0.6 is 0 Å². The minimum absolute atomic E-state index is 0.0605. The third kappa shape index (κ3) is 4.26. The molecular formula is C12H18O2. The van der Waals surface area contributed by atoms with Gasteiger partial charge in [0.25, 0.3) is 0 Å². The lowest BCUT2D eigenvalue weighted by molar-refractivity contribution is -0.143. The van der Waals surface area contributed by atoms with Crippen molar-refractivity contribution in [3.63, 3.8) is 0 Å². The number of rotatable bonds is 5. The summed E-state index contributed by atoms with van der Waals surface area (Å²) in [6, 6.07) is 0. The van der Waals surface area contributed by atoms with E-state index in [9.17, 15) is 4.79 Å². The molecule has 0 saturated heterocycles. The summed E-state index contributed by atoms with van der Waals surface area (Å²) in [5.74, 6) is -0.205. The largest absolute Gasteiger partial charge is 0.459 e. The monoisotopic (exact) mass is 194 g/mol. The molecule has 1 unspecified atom stereocenters. The Labute approximate surface area is 85.6 Å². The van der Waals surface area contributed by atoms with Crippen LogP contribution in [0.4, 0.5) is 0 Å². The molecule has 1 rings (SSSR count). The minimum atomic E-state index is -0.205. The van der Waals surface area contributed by atoms with E-state index in [1.165, 1.54) is 18.9 Å². The molecule has 0 N–H and O–H groups in total. The molecule has 1 aliphatic rings. The van der Waals surface area contributed by atoms with Gasteiger partial charge in [0.1, 0.15) is 6.10 Å². The first-order valence-electron chi connectivity index (χ1n) is 5.35. The molecule has 0 aliphatic carbocycles. The van der Waals surface area contributed by atoms with Gasteiger partial charge >= 0.3 is 5.97 Å². The molecule has 1 atom stereocenters. The van der Waals surface area contributed by atoms with Gasteiger partial charge in [0.15, 0.2) is 0 Å². The van der Waals surface area contributed by atoms with E-state index in [4.69, 9.17) is 4.74 Å². The Morgan fingerprint density at radius 3 is 3.14 bits per heavy atom. The summed E-state index contributed by atoms with van der Waals surface area (Å²) in [4.78, 5) is 10.9. The van der Waals surface area contributed by atoms with E-state index in [0.29, 0.717) is 0 Å². The van der Waals surface area contributed by atoms with Gasteiger partial charge < -0.3 is 4.74 Å². The zero-order valence-electron chi connectivity index (χ0n) is 8.74. The maximum absolute atomic E-state index is 10.9. The fraction of sp³-hybridized carbons (Fsp3) is 0.583. The molecule has 2 heteroatoms. The van der Waals surface area contributed by atoms with Crippen LogP contribution in [0, 0.1) is 0 Å². The topological polar surface area (TPSA) is 26.3 Å². The number of esters is 1. The Morgan fingerprint density at radius 2 is 2.43 bits per heavy atom. The molecule has 0 aromatic rings. The van der Waals surface area contributed by atoms with E-state index in [-0.39, 0.29) is 12.1 Å². The van der Waals surface area contributed by atoms with Gasteiger partial charge in [0, 0.05) is 18.9 Å². The van der Waals surface area contributed by atoms with Crippen molar-refractivity contribution in [2.24, 2.45) is 0 Å². The molecule has 0 amide bonds. The summed E-state index contributed by atoms with van der Waals surface area (Å²) in [6.07, 6.45) is 13.0. The van der Waals surface area contributed by atoms with Crippen molar-refractivity contribution in [2.75, 3.05) is 0 Å². The molecule has 0 spiro atoms. The van der Waals surface area contributed by atoms with Gasteiger partial charge in [-0.2, -0.15) is 0 Å². The highest BCUT2D eigenvalue weighted by atomic mass is 16.5. The average Bonchev–Trinajstić information content (AvgIpc) is 2.18. The van der Waals surface area contributed by atoms with E-state index >= 15 is 0 Å². The standard InChI is InChI=1S/C12H18O2/c1-2-3-4-5-6-8-11-9-7-10-12(13)14-11/h5-7,10-11H,2-4,8-9H2,1H3/b6-5+. The Kier molecular flexibility index (Phi) is 5.05. The van der Waals surface area contributed by atoms with Crippen LogP contribution in [-0.4, -0.2) is 12.1 Å². The first kappa shape index (κ1) is 11.0. The zero-order chi connectivity index (χ0) is 10.2. The normalized spacial score (nSPS) is 21.5. The molecule has 1 heterocycles. The lowest BCUT2D eigenvalue weighted by atomic mass is 10.1. The summed E-state index contributed by atoms with van der Waals surface area (Å²) in [5.41, 5.74) is 0. The first-order valence-corrected chi connectivity index (χ1v) is 5.35. The third-order valence-electron chi connectivity index (χ3n) is 2.23. The second-order valence-electron chi connectivity index (χ2n) is 3.55. The van der Waals surface area contributed by atoms with Crippen molar-refractivity contribution in [3.05, 3.63) is 24.3 Å². The predicted molar refractivity (Wildman–Crippen MR) is 56.9 cm³/mol. The fourth-order valence-corrected chi connectivity index (χ4v) is 1.40. The van der Waals surface area contributed by atoms with Crippen LogP contribution in [0.25, 0.3) is 0 Å². The maximum Gasteiger partial charge on any atom is 0.330 e. The van der Waals surface area contributed by atoms with E-state index in [1.807, 2.05) is 6.08 Å². The van der Waals surface area contributed by atoms with Crippen molar-refractivity contribution in [3.8, 4) is 0 Å². The highest BCUT2D eigenvalue weighted by Gasteiger charge is 2.13. The molecular weight excluding hydrogens is 176 g/mol. The lowest BCUT2D eigenvalue weighted by Gasteiger charge is -2.16. The van der Waals surface area contributed by atoms with Gasteiger partial charge in [-0.05, 0) is 6.42 Å². The van der Waals surface area contributed by atoms with Crippen molar-refractivity contribution in [1.29, 1.82) is 0 Å². The van der Waals surface area contributed by atoms with Crippen molar-refractivity contribution >= 4 is 5.97 Å². The highest BCUT2D eigenvalue weighted by Crippen LogP contribution is 2.11. The van der Waals surface area contributed by atoms with Gasteiger partial charge in [-0.25, -0.2) is 4.79 Å². The number of hydrogen-bond donors (Lipinski definition) is 0. The molecule has 0 aromatic heterocycles. The van der Waals surface area contributed by atoms with E-state index in [1.54, 1.807) is 0 Å². The number of cyclic esters (lactones) is 1. The van der Waals surface area contributed by atoms with Gasteiger partial charge in [0.2, 0.25) is 0 Å². The van der Waals surface area contributed by atoms with Crippen molar-refractivity contribution in [1.82, 2.24) is 0 Å². The van der Waals surface area contributed by atoms with Gasteiger partial charge in [-0.3, -0.25) is 0 Å². The molecule has 0 fully saturated rings. The Hall–Kier alpha value is -1.05. The van der Waals surface area contributed by atoms with Gasteiger partial charge in [-0.15, -0.1) is 0 Å². The number of carbonyl (C=O) groups excluding carboxylic acids is 1. The SMILES string of the molecule is CCCC/C=C/CC1CC=CC(=O)O1. The van der Waals surface area contributed by atoms with E-state index < -0.39 is 0 Å². The van der Waals surface area contributed by atoms with Crippen LogP contribution in [0.2, 0.25) is 0 Å². The van der Waals surface area contributed by atoms with Crippen LogP contribution in [0.15, 0.2) is 24.3 Å². The summed E-state index contributed by atoms with van der Waals surface area (Å²) >= 11 is 0. The molecule has 0 aromatic carbocycles. The number of ether oxygens (including phenoxy) is 1. The first-order chi connectivity index (χ1) is 6.83. The van der Waals surface area contributed by atoms with Gasteiger partial charge in [-0.1, -0.05) is 38.0 Å². The maximum atomic E-state index is 10.9. The summed E-state index contributed by atoms with van der Waals surface area (Å²) < 4.78 is 5.12. The quantitative estimate of drug-likeness (QED) is 0.382. The average molecular weight is 194 g/mol. The molecule has 78 valence electrons. The summed E-state index contributed by atoms with van der Waals surface area (Å²) in [6.45, 7) is 2.18. The van der Waals surface area contributed by atoms with Crippen molar-refractivity contribution < 1.29 is 9.53 Å². The fourth-order valence-electron chi connectivity index (χ4n) is 1.40. The Balaban J connectivity index is 2.15. The molecule has 0 radical (unpaired) electrons. The number of hydrogen-bond acceptors (Lipinski definition) is 2. The van der Waals surface area contributed by atoms with E-state index in [2.05, 4.69) is 19.1 Å². The van der Waals surface area contributed by atoms with Crippen LogP contribution in [0.3, 0.4) is 0 Å². The number of allylic oxidation sites excluding steroid dienone is 1. The molecule has 0 saturated carbocycles. The summed E-state index contributed by atoms with van der Waals surface area (Å²) in [5, 5.41) is 0. The number of unbranched alkanes of at least 4 members (excludes halogenated alkanes) is 2. The second-order valence-corrected chi connectivity index (χ2v) is 3.55. The molecule has 1 aliphatic heterocycles. The van der Waals surface area contributed by atoms with Crippen LogP contribution < -0.4 is 0 Å². The van der Waals surface area contributed by atoms with Crippen LogP contribution in [0.1, 0.15) is 39.0 Å². The zero-order valence-corrected chi connectivity index (χ0v) is 8.74. The number of carbonyl (C=O) groups is 1. The second kappa shape index (κ2) is 6.41. The highest BCUT2D eigenvalue weighted by molar-refractivity contribution is 5.82. The van der Waals surface area contributed by atoms with E-state index in [0.717, 1.165) is 19.3 Å². The Bertz CT molecular complexity index is 228. The predicted octanol–water partition coefficient (Wildman–Crippen LogP) is 2.99.